The van der Waals surface area contributed by atoms with Crippen LogP contribution in [0.25, 0.3) is 10.9 Å². The van der Waals surface area contributed by atoms with Crippen molar-refractivity contribution in [1.82, 2.24) is 14.5 Å². The summed E-state index contributed by atoms with van der Waals surface area (Å²) >= 11 is 0. The van der Waals surface area contributed by atoms with Crippen molar-refractivity contribution in [2.24, 2.45) is 5.73 Å². The van der Waals surface area contributed by atoms with E-state index >= 15 is 0 Å². The maximum absolute atomic E-state index is 12.3. The van der Waals surface area contributed by atoms with Gasteiger partial charge in [-0.15, -0.1) is 0 Å². The Morgan fingerprint density at radius 3 is 2.61 bits per heavy atom. The van der Waals surface area contributed by atoms with Gasteiger partial charge in [0.15, 0.2) is 0 Å². The van der Waals surface area contributed by atoms with Crippen molar-refractivity contribution < 1.29 is 5.11 Å². The molecule has 0 spiro atoms. The largest absolute Gasteiger partial charge is 0.493 e. The lowest BCUT2D eigenvalue weighted by molar-refractivity contribution is 0.415. The lowest BCUT2D eigenvalue weighted by Crippen LogP contribution is -2.17. The average molecular weight is 376 g/mol. The van der Waals surface area contributed by atoms with E-state index in [0.717, 1.165) is 29.5 Å². The zero-order valence-electron chi connectivity index (χ0n) is 15.6. The topological polar surface area (TPSA) is 99.8 Å². The third-order valence-corrected chi connectivity index (χ3v) is 5.12. The van der Waals surface area contributed by atoms with Crippen molar-refractivity contribution in [3.63, 3.8) is 0 Å². The van der Waals surface area contributed by atoms with E-state index in [1.54, 1.807) is 0 Å². The second kappa shape index (κ2) is 7.78. The number of rotatable bonds is 7. The molecule has 2 heterocycles. The summed E-state index contributed by atoms with van der Waals surface area (Å²) in [6.07, 6.45) is 4.13. The average Bonchev–Trinajstić information content (AvgIpc) is 3.23. The third kappa shape index (κ3) is 3.59. The number of aryl methyl sites for hydroxylation is 2. The highest BCUT2D eigenvalue weighted by Gasteiger charge is 2.13. The Balaban J connectivity index is 1.52. The van der Waals surface area contributed by atoms with Crippen LogP contribution in [0.15, 0.2) is 59.5 Å². The molecule has 0 saturated heterocycles. The molecule has 2 aromatic carbocycles. The van der Waals surface area contributed by atoms with Gasteiger partial charge in [0, 0.05) is 17.1 Å². The standard InChI is InChI=1S/C22H24N4O2/c23-11-10-17-13-24-19-8-6-15(12-18(17)19)7-9-20-21(27)26(22(28)25-20)14-16-4-2-1-3-5-16/h1-6,8,12-13,24,27H,7,9-11,14,23H2,(H,25,28). The van der Waals surface area contributed by atoms with Crippen molar-refractivity contribution in [2.45, 2.75) is 25.8 Å². The van der Waals surface area contributed by atoms with Crippen LogP contribution in [0.3, 0.4) is 0 Å². The number of aromatic amines is 2. The summed E-state index contributed by atoms with van der Waals surface area (Å²) in [7, 11) is 0. The minimum atomic E-state index is -0.289. The first-order chi connectivity index (χ1) is 13.7. The Labute approximate surface area is 162 Å². The summed E-state index contributed by atoms with van der Waals surface area (Å²) in [5, 5.41) is 11.7. The first kappa shape index (κ1) is 18.1. The number of hydrogen-bond donors (Lipinski definition) is 4. The van der Waals surface area contributed by atoms with Gasteiger partial charge in [0.2, 0.25) is 5.88 Å². The van der Waals surface area contributed by atoms with Gasteiger partial charge in [-0.3, -0.25) is 4.57 Å². The van der Waals surface area contributed by atoms with Gasteiger partial charge in [-0.25, -0.2) is 4.79 Å². The molecule has 0 unspecified atom stereocenters. The van der Waals surface area contributed by atoms with Crippen LogP contribution in [0, 0.1) is 0 Å². The van der Waals surface area contributed by atoms with Crippen LogP contribution >= 0.6 is 0 Å². The SMILES string of the molecule is NCCc1c[nH]c2ccc(CCc3[nH]c(=O)n(Cc4ccccc4)c3O)cc12. The molecule has 144 valence electrons. The van der Waals surface area contributed by atoms with Gasteiger partial charge in [0.05, 0.1) is 12.2 Å². The Morgan fingerprint density at radius 2 is 1.82 bits per heavy atom. The smallest absolute Gasteiger partial charge is 0.328 e. The molecule has 0 radical (unpaired) electrons. The molecule has 0 amide bonds. The van der Waals surface area contributed by atoms with Gasteiger partial charge in [-0.1, -0.05) is 36.4 Å². The molecule has 0 aliphatic rings. The van der Waals surface area contributed by atoms with E-state index < -0.39 is 0 Å². The fraction of sp³-hybridized carbons (Fsp3) is 0.227. The van der Waals surface area contributed by atoms with Crippen LogP contribution in [0.2, 0.25) is 0 Å². The van der Waals surface area contributed by atoms with Crippen molar-refractivity contribution in [3.05, 3.63) is 87.6 Å². The van der Waals surface area contributed by atoms with E-state index in [1.165, 1.54) is 15.5 Å². The van der Waals surface area contributed by atoms with Crippen molar-refractivity contribution in [3.8, 4) is 5.88 Å². The van der Waals surface area contributed by atoms with E-state index in [4.69, 9.17) is 5.73 Å². The lowest BCUT2D eigenvalue weighted by Gasteiger charge is -2.05. The van der Waals surface area contributed by atoms with Crippen molar-refractivity contribution in [1.29, 1.82) is 0 Å². The van der Waals surface area contributed by atoms with Gasteiger partial charge in [0.1, 0.15) is 0 Å². The quantitative estimate of drug-likeness (QED) is 0.399. The molecule has 0 saturated carbocycles. The molecule has 5 N–H and O–H groups in total. The Bertz CT molecular complexity index is 1140. The van der Waals surface area contributed by atoms with E-state index in [2.05, 4.69) is 28.2 Å². The minimum Gasteiger partial charge on any atom is -0.493 e. The van der Waals surface area contributed by atoms with Crippen molar-refractivity contribution >= 4 is 10.9 Å². The maximum atomic E-state index is 12.3. The number of nitrogens with two attached hydrogens (primary N) is 1. The van der Waals surface area contributed by atoms with Crippen molar-refractivity contribution in [2.75, 3.05) is 6.54 Å². The number of hydrogen-bond acceptors (Lipinski definition) is 3. The molecule has 0 fully saturated rings. The predicted molar refractivity (Wildman–Crippen MR) is 111 cm³/mol. The Kier molecular flexibility index (Phi) is 5.04. The van der Waals surface area contributed by atoms with Crippen LogP contribution in [0.1, 0.15) is 22.4 Å². The molecule has 4 aromatic rings. The van der Waals surface area contributed by atoms with E-state index in [-0.39, 0.29) is 11.6 Å². The number of nitrogens with one attached hydrogen (secondary N) is 2. The Hall–Kier alpha value is -3.25. The highest BCUT2D eigenvalue weighted by atomic mass is 16.3. The Morgan fingerprint density at radius 1 is 1.00 bits per heavy atom. The highest BCUT2D eigenvalue weighted by molar-refractivity contribution is 5.83. The lowest BCUT2D eigenvalue weighted by atomic mass is 10.0. The van der Waals surface area contributed by atoms with Gasteiger partial charge < -0.3 is 20.8 Å². The molecule has 2 aromatic heterocycles. The summed E-state index contributed by atoms with van der Waals surface area (Å²) in [4.78, 5) is 18.3. The number of nitrogens with zero attached hydrogens (tertiary/aromatic N) is 1. The zero-order chi connectivity index (χ0) is 19.5. The fourth-order valence-electron chi connectivity index (χ4n) is 3.61. The van der Waals surface area contributed by atoms with Gasteiger partial charge in [-0.2, -0.15) is 0 Å². The number of benzene rings is 2. The first-order valence-electron chi connectivity index (χ1n) is 9.49. The second-order valence-electron chi connectivity index (χ2n) is 7.04. The second-order valence-corrected chi connectivity index (χ2v) is 7.04. The van der Waals surface area contributed by atoms with Crippen LogP contribution < -0.4 is 11.4 Å². The van der Waals surface area contributed by atoms with Gasteiger partial charge in [0.25, 0.3) is 0 Å². The predicted octanol–water partition coefficient (Wildman–Crippen LogP) is 2.70. The molecule has 0 aliphatic carbocycles. The molecule has 6 nitrogen and oxygen atoms in total. The first-order valence-corrected chi connectivity index (χ1v) is 9.49. The molecule has 6 heteroatoms. The molecular formula is C22H24N4O2. The van der Waals surface area contributed by atoms with E-state index in [0.29, 0.717) is 25.2 Å². The normalized spacial score (nSPS) is 11.3. The molecule has 0 atom stereocenters. The van der Waals surface area contributed by atoms with Crippen LogP contribution in [-0.2, 0) is 25.8 Å². The van der Waals surface area contributed by atoms with E-state index in [1.807, 2.05) is 36.5 Å². The molecule has 28 heavy (non-hydrogen) atoms. The summed E-state index contributed by atoms with van der Waals surface area (Å²) in [6, 6.07) is 15.9. The van der Waals surface area contributed by atoms with Crippen LogP contribution in [0.5, 0.6) is 5.88 Å². The summed E-state index contributed by atoms with van der Waals surface area (Å²) in [6.45, 7) is 0.959. The zero-order valence-corrected chi connectivity index (χ0v) is 15.6. The van der Waals surface area contributed by atoms with Crippen LogP contribution in [0.4, 0.5) is 0 Å². The number of imidazole rings is 1. The minimum absolute atomic E-state index is 0.0143. The number of fused-ring (bicyclic) bond motifs is 1. The maximum Gasteiger partial charge on any atom is 0.328 e. The highest BCUT2D eigenvalue weighted by Crippen LogP contribution is 2.22. The van der Waals surface area contributed by atoms with Crippen LogP contribution in [-0.4, -0.2) is 26.2 Å². The van der Waals surface area contributed by atoms with E-state index in [9.17, 15) is 9.90 Å². The van der Waals surface area contributed by atoms with Gasteiger partial charge in [-0.05, 0) is 54.6 Å². The number of H-pyrrole nitrogens is 2. The molecule has 0 bridgehead atoms. The fourth-order valence-corrected chi connectivity index (χ4v) is 3.61. The molecule has 0 aliphatic heterocycles. The number of aromatic hydroxyl groups is 1. The molecular weight excluding hydrogens is 352 g/mol. The summed E-state index contributed by atoms with van der Waals surface area (Å²) < 4.78 is 1.37. The molecule has 4 rings (SSSR count). The van der Waals surface area contributed by atoms with Gasteiger partial charge >= 0.3 is 5.69 Å². The number of aromatic nitrogens is 3. The monoisotopic (exact) mass is 376 g/mol. The summed E-state index contributed by atoms with van der Waals surface area (Å²) in [5.41, 5.74) is 10.4. The summed E-state index contributed by atoms with van der Waals surface area (Å²) in [5.74, 6) is 0.0143. The third-order valence-electron chi connectivity index (χ3n) is 5.12.